The molecule has 138 valence electrons. The van der Waals surface area contributed by atoms with Crippen molar-refractivity contribution in [3.63, 3.8) is 0 Å². The number of nitrogens with two attached hydrogens (primary N) is 1. The van der Waals surface area contributed by atoms with Crippen molar-refractivity contribution >= 4 is 17.3 Å². The highest BCUT2D eigenvalue weighted by Crippen LogP contribution is 2.46. The van der Waals surface area contributed by atoms with Crippen LogP contribution >= 0.6 is 0 Å². The molecule has 1 atom stereocenters. The van der Waals surface area contributed by atoms with Gasteiger partial charge in [0.1, 0.15) is 6.17 Å². The van der Waals surface area contributed by atoms with E-state index in [4.69, 9.17) is 5.73 Å². The Morgan fingerprint density at radius 1 is 1.07 bits per heavy atom. The lowest BCUT2D eigenvalue weighted by atomic mass is 10.0. The molecule has 3 N–H and O–H groups in total. The van der Waals surface area contributed by atoms with Gasteiger partial charge in [-0.3, -0.25) is 0 Å². The molecule has 1 aliphatic rings. The normalized spacial score (nSPS) is 16.1. The number of hydrogen-bond acceptors (Lipinski definition) is 6. The van der Waals surface area contributed by atoms with Gasteiger partial charge in [0.25, 0.3) is 0 Å². The second-order valence-corrected chi connectivity index (χ2v) is 7.53. The number of aromatic nitrogens is 3. The molecule has 6 nitrogen and oxygen atoms in total. The number of nitrogens with one attached hydrogen (secondary N) is 1. The van der Waals surface area contributed by atoms with Gasteiger partial charge >= 0.3 is 0 Å². The van der Waals surface area contributed by atoms with Crippen LogP contribution in [0.3, 0.4) is 0 Å². The van der Waals surface area contributed by atoms with Crippen molar-refractivity contribution in [1.82, 2.24) is 15.0 Å². The third-order valence-corrected chi connectivity index (χ3v) is 4.55. The van der Waals surface area contributed by atoms with E-state index < -0.39 is 5.95 Å². The van der Waals surface area contributed by atoms with Crippen LogP contribution in [-0.4, -0.2) is 20.5 Å². The van der Waals surface area contributed by atoms with Crippen molar-refractivity contribution < 1.29 is 4.39 Å². The largest absolute Gasteiger partial charge is 0.368 e. The number of benzene rings is 1. The van der Waals surface area contributed by atoms with Crippen molar-refractivity contribution in [2.45, 2.75) is 32.5 Å². The van der Waals surface area contributed by atoms with E-state index in [-0.39, 0.29) is 17.7 Å². The molecule has 0 radical (unpaired) electrons. The number of pyridine rings is 1. The van der Waals surface area contributed by atoms with Crippen LogP contribution in [0.5, 0.6) is 0 Å². The number of halogens is 1. The first-order valence-electron chi connectivity index (χ1n) is 8.73. The molecule has 1 unspecified atom stereocenters. The summed E-state index contributed by atoms with van der Waals surface area (Å²) in [5.41, 5.74) is 9.87. The molecule has 27 heavy (non-hydrogen) atoms. The zero-order chi connectivity index (χ0) is 19.2. The monoisotopic (exact) mass is 364 g/mol. The molecule has 2 aromatic heterocycles. The first-order valence-corrected chi connectivity index (χ1v) is 8.73. The van der Waals surface area contributed by atoms with Gasteiger partial charge in [-0.25, -0.2) is 15.0 Å². The topological polar surface area (TPSA) is 80.0 Å². The molecular formula is C20H21FN6. The first-order chi connectivity index (χ1) is 12.8. The summed E-state index contributed by atoms with van der Waals surface area (Å²) in [7, 11) is 0. The van der Waals surface area contributed by atoms with Crippen LogP contribution in [0.1, 0.15) is 32.6 Å². The summed E-state index contributed by atoms with van der Waals surface area (Å²) in [6.07, 6.45) is 3.15. The molecule has 1 aromatic carbocycles. The second kappa shape index (κ2) is 6.19. The highest BCUT2D eigenvalue weighted by atomic mass is 19.1. The molecule has 0 amide bonds. The zero-order valence-electron chi connectivity index (χ0n) is 15.4. The minimum atomic E-state index is -0.487. The molecule has 1 aliphatic heterocycles. The highest BCUT2D eigenvalue weighted by Gasteiger charge is 2.37. The molecule has 4 rings (SSSR count). The minimum absolute atomic E-state index is 0.192. The number of anilines is 3. The van der Waals surface area contributed by atoms with Crippen LogP contribution in [0.2, 0.25) is 0 Å². The summed E-state index contributed by atoms with van der Waals surface area (Å²) in [6, 6.07) is 11.0. The van der Waals surface area contributed by atoms with E-state index in [1.165, 1.54) is 6.07 Å². The summed E-state index contributed by atoms with van der Waals surface area (Å²) in [4.78, 5) is 14.4. The van der Waals surface area contributed by atoms with Crippen molar-refractivity contribution in [1.29, 1.82) is 0 Å². The van der Waals surface area contributed by atoms with Crippen molar-refractivity contribution in [2.24, 2.45) is 0 Å². The molecule has 0 aliphatic carbocycles. The van der Waals surface area contributed by atoms with Crippen LogP contribution in [-0.2, 0) is 0 Å². The fourth-order valence-electron chi connectivity index (χ4n) is 3.41. The Labute approximate surface area is 157 Å². The first kappa shape index (κ1) is 17.2. The predicted molar refractivity (Wildman–Crippen MR) is 105 cm³/mol. The smallest absolute Gasteiger partial charge is 0.219 e. The molecule has 7 heteroatoms. The Bertz CT molecular complexity index is 981. The van der Waals surface area contributed by atoms with Gasteiger partial charge in [0, 0.05) is 23.5 Å². The van der Waals surface area contributed by atoms with Crippen LogP contribution in [0, 0.1) is 5.95 Å². The lowest BCUT2D eigenvalue weighted by Crippen LogP contribution is -2.43. The summed E-state index contributed by atoms with van der Waals surface area (Å²) < 4.78 is 13.7. The Balaban J connectivity index is 1.77. The van der Waals surface area contributed by atoms with Gasteiger partial charge in [-0.15, -0.1) is 0 Å². The maximum Gasteiger partial charge on any atom is 0.219 e. The highest BCUT2D eigenvalue weighted by molar-refractivity contribution is 5.82. The van der Waals surface area contributed by atoms with Gasteiger partial charge in [0.15, 0.2) is 0 Å². The van der Waals surface area contributed by atoms with Gasteiger partial charge in [-0.2, -0.15) is 4.39 Å². The Hall–Kier alpha value is -3.22. The molecule has 3 aromatic rings. The van der Waals surface area contributed by atoms with E-state index in [0.29, 0.717) is 5.69 Å². The maximum atomic E-state index is 13.7. The van der Waals surface area contributed by atoms with Gasteiger partial charge < -0.3 is 16.0 Å². The number of nitrogens with zero attached hydrogens (tertiary/aromatic N) is 4. The van der Waals surface area contributed by atoms with E-state index in [1.807, 2.05) is 18.2 Å². The third kappa shape index (κ3) is 3.16. The second-order valence-electron chi connectivity index (χ2n) is 7.53. The Morgan fingerprint density at radius 3 is 2.48 bits per heavy atom. The molecule has 3 heterocycles. The molecule has 0 spiro atoms. The molecule has 0 saturated heterocycles. The number of hydrogen-bond donors (Lipinski definition) is 2. The van der Waals surface area contributed by atoms with Crippen molar-refractivity contribution in [3.05, 3.63) is 60.4 Å². The van der Waals surface area contributed by atoms with E-state index in [9.17, 15) is 4.39 Å². The summed E-state index contributed by atoms with van der Waals surface area (Å²) in [5.74, 6) is -0.243. The van der Waals surface area contributed by atoms with Gasteiger partial charge in [0.05, 0.1) is 17.1 Å². The Morgan fingerprint density at radius 2 is 1.81 bits per heavy atom. The fraction of sp³-hybridized carbons (Fsp3) is 0.250. The van der Waals surface area contributed by atoms with Gasteiger partial charge in [-0.1, -0.05) is 12.1 Å². The van der Waals surface area contributed by atoms with E-state index in [0.717, 1.165) is 22.5 Å². The lowest BCUT2D eigenvalue weighted by molar-refractivity contribution is 0.466. The lowest BCUT2D eigenvalue weighted by Gasteiger charge is -2.38. The molecular weight excluding hydrogens is 343 g/mol. The molecule has 0 fully saturated rings. The standard InChI is InChI=1S/C20H21FN6/c1-20(2,3)27-16-8-7-12(13-10-23-19(22)24-11-13)9-15(16)26-18(27)14-5-4-6-17(21)25-14/h4-11,18,26H,1-3H3,(H2,22,23,24). The minimum Gasteiger partial charge on any atom is -0.368 e. The van der Waals surface area contributed by atoms with E-state index in [2.05, 4.69) is 52.0 Å². The van der Waals surface area contributed by atoms with Crippen LogP contribution in [0.15, 0.2) is 48.8 Å². The average molecular weight is 364 g/mol. The average Bonchev–Trinajstić information content (AvgIpc) is 3.01. The SMILES string of the molecule is CC(C)(C)N1c2ccc(-c3cnc(N)nc3)cc2NC1c1cccc(F)n1. The van der Waals surface area contributed by atoms with Gasteiger partial charge in [-0.05, 0) is 50.6 Å². The Kier molecular flexibility index (Phi) is 3.95. The summed E-state index contributed by atoms with van der Waals surface area (Å²) in [5, 5.41) is 3.49. The van der Waals surface area contributed by atoms with Crippen molar-refractivity contribution in [3.8, 4) is 11.1 Å². The quantitative estimate of drug-likeness (QED) is 0.669. The zero-order valence-corrected chi connectivity index (χ0v) is 15.4. The van der Waals surface area contributed by atoms with Crippen LogP contribution < -0.4 is 16.0 Å². The summed E-state index contributed by atoms with van der Waals surface area (Å²) >= 11 is 0. The third-order valence-electron chi connectivity index (χ3n) is 4.55. The van der Waals surface area contributed by atoms with Crippen molar-refractivity contribution in [2.75, 3.05) is 16.0 Å². The fourth-order valence-corrected chi connectivity index (χ4v) is 3.41. The van der Waals surface area contributed by atoms with E-state index in [1.54, 1.807) is 18.5 Å². The number of rotatable bonds is 2. The van der Waals surface area contributed by atoms with Crippen LogP contribution in [0.25, 0.3) is 11.1 Å². The summed E-state index contributed by atoms with van der Waals surface area (Å²) in [6.45, 7) is 6.37. The molecule has 0 bridgehead atoms. The number of nitrogen functional groups attached to an aromatic ring is 1. The molecule has 0 saturated carbocycles. The van der Waals surface area contributed by atoms with Crippen LogP contribution in [0.4, 0.5) is 21.7 Å². The number of fused-ring (bicyclic) bond motifs is 1. The van der Waals surface area contributed by atoms with E-state index >= 15 is 0 Å². The maximum absolute atomic E-state index is 13.7. The predicted octanol–water partition coefficient (Wildman–Crippen LogP) is 3.99. The van der Waals surface area contributed by atoms with Gasteiger partial charge in [0.2, 0.25) is 11.9 Å².